The topological polar surface area (TPSA) is 108 Å². The van der Waals surface area contributed by atoms with Crippen molar-refractivity contribution in [3.63, 3.8) is 0 Å². The maximum absolute atomic E-state index is 11.2. The van der Waals surface area contributed by atoms with Crippen molar-refractivity contribution in [3.05, 3.63) is 42.5 Å². The normalized spacial score (nSPS) is 11.3. The number of fused-ring (bicyclic) bond motifs is 1. The van der Waals surface area contributed by atoms with Crippen LogP contribution in [0.3, 0.4) is 0 Å². The number of aromatic nitrogens is 3. The Hall–Kier alpha value is -1.45. The molecule has 0 fully saturated rings. The molecule has 0 unspecified atom stereocenters. The van der Waals surface area contributed by atoms with Crippen molar-refractivity contribution in [1.82, 2.24) is 15.0 Å². The van der Waals surface area contributed by atoms with Crippen molar-refractivity contribution < 1.29 is 47.6 Å². The third kappa shape index (κ3) is 2.94. The molecule has 1 N–H and O–H groups in total. The second kappa shape index (κ2) is 5.74. The molecule has 9 heteroatoms. The minimum absolute atomic E-state index is 0. The predicted octanol–water partition coefficient (Wildman–Crippen LogP) is -1.97. The Balaban J connectivity index is 0.00000161. The average Bonchev–Trinajstić information content (AvgIpc) is 2.81. The number of para-hydroxylation sites is 2. The summed E-state index contributed by atoms with van der Waals surface area (Å²) in [5.74, 6) is -0.0562. The molecule has 102 valence electrons. The van der Waals surface area contributed by atoms with Gasteiger partial charge in [0, 0.05) is 0 Å². The van der Waals surface area contributed by atoms with Gasteiger partial charge < -0.3 is 9.66 Å². The van der Waals surface area contributed by atoms with Crippen LogP contribution in [0.4, 0.5) is 0 Å². The fourth-order valence-corrected chi connectivity index (χ4v) is 2.48. The van der Waals surface area contributed by atoms with Crippen molar-refractivity contribution >= 4 is 21.2 Å². The Morgan fingerprint density at radius 1 is 1.05 bits per heavy atom. The number of nitrogens with zero attached hydrogens (tertiary/aromatic N) is 3. The van der Waals surface area contributed by atoms with Gasteiger partial charge in [-0.25, -0.2) is 8.42 Å². The van der Waals surface area contributed by atoms with Crippen LogP contribution >= 0.6 is 0 Å². The van der Waals surface area contributed by atoms with E-state index in [1.54, 1.807) is 18.2 Å². The summed E-state index contributed by atoms with van der Waals surface area (Å²) in [6.07, 6.45) is 0. The van der Waals surface area contributed by atoms with Gasteiger partial charge in [-0.2, -0.15) is 0 Å². The van der Waals surface area contributed by atoms with Gasteiger partial charge in [-0.15, -0.1) is 15.0 Å². The van der Waals surface area contributed by atoms with E-state index in [2.05, 4.69) is 10.2 Å². The van der Waals surface area contributed by atoms with Crippen LogP contribution in [-0.4, -0.2) is 33.1 Å². The zero-order valence-electron chi connectivity index (χ0n) is 11.0. The smallest absolute Gasteiger partial charge is 0.744 e. The first-order chi connectivity index (χ1) is 9.47. The number of phenolic OH excluding ortho intramolecular Hbond substituents is 1. The third-order valence-electron chi connectivity index (χ3n) is 2.74. The molecule has 1 aromatic heterocycles. The van der Waals surface area contributed by atoms with Gasteiger partial charge in [-0.1, -0.05) is 18.2 Å². The van der Waals surface area contributed by atoms with Gasteiger partial charge >= 0.3 is 29.6 Å². The molecule has 0 aliphatic heterocycles. The molecule has 0 spiro atoms. The number of hydrogen-bond donors (Lipinski definition) is 1. The Kier molecular flexibility index (Phi) is 4.35. The molecular weight excluding hydrogens is 305 g/mol. The van der Waals surface area contributed by atoms with E-state index in [-0.39, 0.29) is 52.0 Å². The summed E-state index contributed by atoms with van der Waals surface area (Å²) in [7, 11) is -4.64. The molecule has 0 radical (unpaired) electrons. The quantitative estimate of drug-likeness (QED) is 0.434. The van der Waals surface area contributed by atoms with E-state index in [0.717, 1.165) is 4.80 Å². The van der Waals surface area contributed by atoms with Gasteiger partial charge in [0.1, 0.15) is 32.6 Å². The van der Waals surface area contributed by atoms with Crippen LogP contribution in [0, 0.1) is 0 Å². The largest absolute Gasteiger partial charge is 1.00 e. The monoisotopic (exact) mass is 313 g/mol. The Bertz CT molecular complexity index is 908. The SMILES string of the molecule is O=S(=O)([O-])c1cccc2nn(-c3ccccc3O)nc12.[Na+]. The minimum Gasteiger partial charge on any atom is -0.744 e. The van der Waals surface area contributed by atoms with Gasteiger partial charge in [-0.05, 0) is 24.3 Å². The molecule has 0 bridgehead atoms. The molecule has 1 heterocycles. The first-order valence-electron chi connectivity index (χ1n) is 5.57. The zero-order chi connectivity index (χ0) is 14.3. The summed E-state index contributed by atoms with van der Waals surface area (Å²) in [4.78, 5) is 0.658. The van der Waals surface area contributed by atoms with Gasteiger partial charge in [-0.3, -0.25) is 0 Å². The zero-order valence-corrected chi connectivity index (χ0v) is 13.8. The van der Waals surface area contributed by atoms with Crippen molar-refractivity contribution in [3.8, 4) is 11.4 Å². The standard InChI is InChI=1S/C12H9N3O4S.Na/c16-10-6-2-1-5-9(10)15-13-8-4-3-7-11(12(8)14-15)20(17,18)19;/h1-7,16H,(H,17,18,19);/q;+1/p-1. The summed E-state index contributed by atoms with van der Waals surface area (Å²) >= 11 is 0. The fraction of sp³-hybridized carbons (Fsp3) is 0. The third-order valence-corrected chi connectivity index (χ3v) is 3.61. The number of benzene rings is 2. The second-order valence-corrected chi connectivity index (χ2v) is 5.40. The molecular formula is C12H8N3NaO4S. The van der Waals surface area contributed by atoms with Crippen molar-refractivity contribution in [2.24, 2.45) is 0 Å². The number of hydrogen-bond acceptors (Lipinski definition) is 6. The van der Waals surface area contributed by atoms with Crippen LogP contribution in [0.15, 0.2) is 47.4 Å². The van der Waals surface area contributed by atoms with Gasteiger partial charge in [0.25, 0.3) is 0 Å². The van der Waals surface area contributed by atoms with Crippen LogP contribution in [0.25, 0.3) is 16.7 Å². The summed E-state index contributed by atoms with van der Waals surface area (Å²) in [5.41, 5.74) is 0.522. The van der Waals surface area contributed by atoms with Crippen LogP contribution in [0.2, 0.25) is 0 Å². The van der Waals surface area contributed by atoms with Gasteiger partial charge in [0.05, 0.1) is 4.90 Å². The van der Waals surface area contributed by atoms with Crippen LogP contribution in [0.1, 0.15) is 0 Å². The van der Waals surface area contributed by atoms with E-state index in [1.165, 1.54) is 24.3 Å². The molecule has 0 saturated carbocycles. The van der Waals surface area contributed by atoms with E-state index < -0.39 is 15.0 Å². The van der Waals surface area contributed by atoms with Gasteiger partial charge in [0.15, 0.2) is 0 Å². The maximum atomic E-state index is 11.2. The minimum atomic E-state index is -4.64. The van der Waals surface area contributed by atoms with E-state index in [0.29, 0.717) is 0 Å². The van der Waals surface area contributed by atoms with Crippen LogP contribution in [-0.2, 0) is 10.1 Å². The van der Waals surface area contributed by atoms with Crippen molar-refractivity contribution in [2.75, 3.05) is 0 Å². The first kappa shape index (κ1) is 15.9. The van der Waals surface area contributed by atoms with Crippen molar-refractivity contribution in [2.45, 2.75) is 4.90 Å². The first-order valence-corrected chi connectivity index (χ1v) is 6.98. The summed E-state index contributed by atoms with van der Waals surface area (Å²) in [6.45, 7) is 0. The number of aromatic hydroxyl groups is 1. The van der Waals surface area contributed by atoms with Crippen LogP contribution < -0.4 is 29.6 Å². The molecule has 7 nitrogen and oxygen atoms in total. The molecule has 0 saturated heterocycles. The van der Waals surface area contributed by atoms with Crippen molar-refractivity contribution in [1.29, 1.82) is 0 Å². The summed E-state index contributed by atoms with van der Waals surface area (Å²) < 4.78 is 33.5. The van der Waals surface area contributed by atoms with E-state index in [1.807, 2.05) is 0 Å². The molecule has 0 atom stereocenters. The molecule has 2 aromatic carbocycles. The van der Waals surface area contributed by atoms with Gasteiger partial charge in [0.2, 0.25) is 0 Å². The number of rotatable bonds is 2. The summed E-state index contributed by atoms with van der Waals surface area (Å²) in [6, 6.07) is 10.5. The molecule has 21 heavy (non-hydrogen) atoms. The average molecular weight is 313 g/mol. The van der Waals surface area contributed by atoms with Crippen LogP contribution in [0.5, 0.6) is 5.75 Å². The van der Waals surface area contributed by atoms with E-state index in [4.69, 9.17) is 0 Å². The molecule has 0 aliphatic carbocycles. The molecule has 0 aliphatic rings. The van der Waals surface area contributed by atoms with E-state index in [9.17, 15) is 18.1 Å². The predicted molar refractivity (Wildman–Crippen MR) is 68.5 cm³/mol. The second-order valence-electron chi connectivity index (χ2n) is 4.06. The summed E-state index contributed by atoms with van der Waals surface area (Å²) in [5, 5.41) is 17.8. The molecule has 0 amide bonds. The van der Waals surface area contributed by atoms with E-state index >= 15 is 0 Å². The maximum Gasteiger partial charge on any atom is 1.00 e. The number of phenols is 1. The Labute approximate surface area is 142 Å². The Morgan fingerprint density at radius 3 is 2.43 bits per heavy atom. The molecule has 3 rings (SSSR count). The molecule has 3 aromatic rings. The Morgan fingerprint density at radius 2 is 1.76 bits per heavy atom. The fourth-order valence-electron chi connectivity index (χ4n) is 1.85.